The molecule has 0 bridgehead atoms. The molecule has 0 spiro atoms. The van der Waals surface area contributed by atoms with E-state index >= 15 is 0 Å². The second kappa shape index (κ2) is 5.74. The number of carbonyl (C=O) groups is 1. The van der Waals surface area contributed by atoms with Crippen molar-refractivity contribution in [3.63, 3.8) is 0 Å². The van der Waals surface area contributed by atoms with Gasteiger partial charge >= 0.3 is 0 Å². The average Bonchev–Trinajstić information content (AvgIpc) is 2.91. The third-order valence-electron chi connectivity index (χ3n) is 3.48. The van der Waals surface area contributed by atoms with Crippen LogP contribution in [0.2, 0.25) is 0 Å². The molecule has 3 nitrogen and oxygen atoms in total. The molecule has 0 unspecified atom stereocenters. The van der Waals surface area contributed by atoms with E-state index in [0.29, 0.717) is 5.75 Å². The third kappa shape index (κ3) is 2.85. The maximum absolute atomic E-state index is 12.2. The van der Waals surface area contributed by atoms with Crippen LogP contribution in [0.4, 0.5) is 0 Å². The highest BCUT2D eigenvalue weighted by Gasteiger charge is 2.11. The van der Waals surface area contributed by atoms with Crippen molar-refractivity contribution < 1.29 is 4.79 Å². The van der Waals surface area contributed by atoms with E-state index in [9.17, 15) is 4.79 Å². The molecule has 0 N–H and O–H groups in total. The molecule has 0 saturated heterocycles. The molecule has 4 heteroatoms. The molecule has 0 aliphatic carbocycles. The quantitative estimate of drug-likeness (QED) is 0.542. The second-order valence-electron chi connectivity index (χ2n) is 5.01. The summed E-state index contributed by atoms with van der Waals surface area (Å²) < 4.78 is 1.85. The molecule has 0 aliphatic heterocycles. The van der Waals surface area contributed by atoms with E-state index in [0.717, 1.165) is 21.6 Å². The number of pyridine rings is 1. The molecule has 0 aliphatic rings. The minimum Gasteiger partial charge on any atom is -0.348 e. The number of carbonyl (C=O) groups excluding carboxylic acids is 1. The van der Waals surface area contributed by atoms with Crippen LogP contribution < -0.4 is 0 Å². The van der Waals surface area contributed by atoms with Crippen LogP contribution in [0, 0.1) is 6.92 Å². The van der Waals surface area contributed by atoms with Crippen molar-refractivity contribution in [3.8, 4) is 0 Å². The molecule has 0 saturated carbocycles. The van der Waals surface area contributed by atoms with Gasteiger partial charge in [0.05, 0.1) is 22.0 Å². The number of aryl methyl sites for hydroxylation is 2. The van der Waals surface area contributed by atoms with Gasteiger partial charge in [0.1, 0.15) is 0 Å². The molecule has 2 heterocycles. The maximum atomic E-state index is 12.2. The first-order valence-electron chi connectivity index (χ1n) is 6.79. The highest BCUT2D eigenvalue weighted by Crippen LogP contribution is 2.24. The van der Waals surface area contributed by atoms with Crippen LogP contribution in [0.15, 0.2) is 53.7 Å². The topological polar surface area (TPSA) is 34.9 Å². The van der Waals surface area contributed by atoms with Crippen LogP contribution in [0.1, 0.15) is 16.1 Å². The summed E-state index contributed by atoms with van der Waals surface area (Å²) in [7, 11) is 1.89. The van der Waals surface area contributed by atoms with Crippen molar-refractivity contribution in [2.24, 2.45) is 7.05 Å². The molecule has 3 rings (SSSR count). The Bertz CT molecular complexity index is 807. The molecule has 0 amide bonds. The van der Waals surface area contributed by atoms with Gasteiger partial charge in [-0.25, -0.2) is 4.98 Å². The number of thioether (sulfide) groups is 1. The van der Waals surface area contributed by atoms with Gasteiger partial charge in [0.25, 0.3) is 0 Å². The second-order valence-corrected chi connectivity index (χ2v) is 6.01. The lowest BCUT2D eigenvalue weighted by atomic mass is 10.1. The summed E-state index contributed by atoms with van der Waals surface area (Å²) in [5, 5.41) is 2.06. The van der Waals surface area contributed by atoms with Gasteiger partial charge in [0.15, 0.2) is 5.78 Å². The zero-order chi connectivity index (χ0) is 14.8. The largest absolute Gasteiger partial charge is 0.348 e. The van der Waals surface area contributed by atoms with Gasteiger partial charge in [0, 0.05) is 18.6 Å². The molecular weight excluding hydrogens is 280 g/mol. The number of hydrogen-bond acceptors (Lipinski definition) is 3. The van der Waals surface area contributed by atoms with Crippen LogP contribution >= 0.6 is 11.8 Å². The first-order valence-corrected chi connectivity index (χ1v) is 7.77. The van der Waals surface area contributed by atoms with Crippen LogP contribution in [-0.2, 0) is 7.05 Å². The molecule has 0 radical (unpaired) electrons. The average molecular weight is 296 g/mol. The molecule has 1 aromatic carbocycles. The van der Waals surface area contributed by atoms with E-state index in [4.69, 9.17) is 0 Å². The Labute approximate surface area is 128 Å². The summed E-state index contributed by atoms with van der Waals surface area (Å²) in [5.41, 5.74) is 2.90. The number of nitrogens with zero attached hydrogens (tertiary/aromatic N) is 2. The smallest absolute Gasteiger partial charge is 0.189 e. The zero-order valence-electron chi connectivity index (χ0n) is 12.0. The van der Waals surface area contributed by atoms with E-state index in [1.165, 1.54) is 17.3 Å². The van der Waals surface area contributed by atoms with Crippen molar-refractivity contribution in [2.75, 3.05) is 5.75 Å². The number of Topliss-reactive ketones (excluding diaryl/α,β-unsaturated/α-hetero) is 1. The molecular formula is C17H16N2OS. The van der Waals surface area contributed by atoms with Crippen molar-refractivity contribution in [1.29, 1.82) is 0 Å². The summed E-state index contributed by atoms with van der Waals surface area (Å²) in [6, 6.07) is 13.9. The van der Waals surface area contributed by atoms with E-state index in [2.05, 4.69) is 18.0 Å². The highest BCUT2D eigenvalue weighted by atomic mass is 32.2. The first kappa shape index (κ1) is 13.9. The summed E-state index contributed by atoms with van der Waals surface area (Å²) in [6.07, 6.45) is 1.89. The van der Waals surface area contributed by atoms with E-state index in [1.807, 2.05) is 54.2 Å². The van der Waals surface area contributed by atoms with Crippen LogP contribution in [0.3, 0.4) is 0 Å². The van der Waals surface area contributed by atoms with E-state index in [-0.39, 0.29) is 5.78 Å². The third-order valence-corrected chi connectivity index (χ3v) is 4.39. The van der Waals surface area contributed by atoms with Crippen LogP contribution in [-0.4, -0.2) is 21.1 Å². The lowest BCUT2D eigenvalue weighted by molar-refractivity contribution is 0.101. The number of benzene rings is 1. The van der Waals surface area contributed by atoms with Crippen molar-refractivity contribution in [1.82, 2.24) is 9.55 Å². The number of fused-ring (bicyclic) bond motifs is 1. The van der Waals surface area contributed by atoms with Gasteiger partial charge in [-0.15, -0.1) is 0 Å². The fourth-order valence-corrected chi connectivity index (χ4v) is 3.21. The molecule has 2 aromatic heterocycles. The minimum atomic E-state index is 0.125. The number of rotatable bonds is 4. The summed E-state index contributed by atoms with van der Waals surface area (Å²) in [5.74, 6) is 0.530. The predicted molar refractivity (Wildman–Crippen MR) is 86.9 cm³/mol. The van der Waals surface area contributed by atoms with Crippen LogP contribution in [0.25, 0.3) is 10.9 Å². The number of para-hydroxylation sites is 1. The standard InChI is InChI=1S/C17H16N2OS/c1-12-10-17(18-14-7-4-3-6-13(12)14)21-11-16(20)15-8-5-9-19(15)2/h3-10H,11H2,1-2H3. The number of aromatic nitrogens is 2. The molecule has 106 valence electrons. The normalized spacial score (nSPS) is 11.0. The minimum absolute atomic E-state index is 0.125. The summed E-state index contributed by atoms with van der Waals surface area (Å²) in [6.45, 7) is 2.08. The lowest BCUT2D eigenvalue weighted by Crippen LogP contribution is -2.07. The lowest BCUT2D eigenvalue weighted by Gasteiger charge is -2.06. The monoisotopic (exact) mass is 296 g/mol. The predicted octanol–water partition coefficient (Wildman–Crippen LogP) is 3.86. The summed E-state index contributed by atoms with van der Waals surface area (Å²) >= 11 is 1.49. The Balaban J connectivity index is 1.79. The molecule has 21 heavy (non-hydrogen) atoms. The molecule has 3 aromatic rings. The Morgan fingerprint density at radius 3 is 2.81 bits per heavy atom. The maximum Gasteiger partial charge on any atom is 0.189 e. The fraction of sp³-hybridized carbons (Fsp3) is 0.176. The Morgan fingerprint density at radius 2 is 2.05 bits per heavy atom. The van der Waals surface area contributed by atoms with Crippen molar-refractivity contribution >= 4 is 28.4 Å². The van der Waals surface area contributed by atoms with Gasteiger partial charge in [-0.3, -0.25) is 4.79 Å². The Hall–Kier alpha value is -2.07. The van der Waals surface area contributed by atoms with Gasteiger partial charge in [-0.05, 0) is 36.8 Å². The number of ketones is 1. The van der Waals surface area contributed by atoms with Gasteiger partial charge in [-0.2, -0.15) is 0 Å². The van der Waals surface area contributed by atoms with Crippen molar-refractivity contribution in [3.05, 3.63) is 59.9 Å². The van der Waals surface area contributed by atoms with Crippen LogP contribution in [0.5, 0.6) is 0 Å². The molecule has 0 atom stereocenters. The SMILES string of the molecule is Cc1cc(SCC(=O)c2cccn2C)nc2ccccc12. The van der Waals surface area contributed by atoms with Gasteiger partial charge in [0.2, 0.25) is 0 Å². The highest BCUT2D eigenvalue weighted by molar-refractivity contribution is 7.99. The Kier molecular flexibility index (Phi) is 3.80. The number of hydrogen-bond donors (Lipinski definition) is 0. The fourth-order valence-electron chi connectivity index (χ4n) is 2.36. The van der Waals surface area contributed by atoms with E-state index in [1.54, 1.807) is 0 Å². The first-order chi connectivity index (χ1) is 10.1. The summed E-state index contributed by atoms with van der Waals surface area (Å²) in [4.78, 5) is 16.8. The van der Waals surface area contributed by atoms with Gasteiger partial charge < -0.3 is 4.57 Å². The molecule has 0 fully saturated rings. The Morgan fingerprint density at radius 1 is 1.24 bits per heavy atom. The zero-order valence-corrected chi connectivity index (χ0v) is 12.9. The van der Waals surface area contributed by atoms with Crippen molar-refractivity contribution in [2.45, 2.75) is 11.9 Å². The van der Waals surface area contributed by atoms with Gasteiger partial charge in [-0.1, -0.05) is 30.0 Å². The van der Waals surface area contributed by atoms with E-state index < -0.39 is 0 Å².